The van der Waals surface area contributed by atoms with Gasteiger partial charge in [0.1, 0.15) is 6.04 Å². The van der Waals surface area contributed by atoms with Crippen LogP contribution in [0.4, 0.5) is 13.2 Å². The molecule has 1 N–H and O–H groups in total. The number of morpholine rings is 1. The normalized spacial score (nSPS) is 19.1. The maximum absolute atomic E-state index is 12.7. The zero-order chi connectivity index (χ0) is 22.6. The summed E-state index contributed by atoms with van der Waals surface area (Å²) in [5, 5.41) is 2.76. The van der Waals surface area contributed by atoms with Crippen molar-refractivity contribution in [3.63, 3.8) is 0 Å². The standard InChI is InChI=1S/C21H26F3N3O4/c1-14(19(29)27-10-12-31-13-11-27)25-18(28)15-6-8-26(9-7-15)20(30)16-2-4-17(5-3-16)21(22,23)24/h2-5,14-15H,6-13H2,1H3,(H,25,28). The largest absolute Gasteiger partial charge is 0.416 e. The van der Waals surface area contributed by atoms with E-state index in [9.17, 15) is 27.6 Å². The third-order valence-corrected chi connectivity index (χ3v) is 5.66. The molecule has 0 aliphatic carbocycles. The van der Waals surface area contributed by atoms with Gasteiger partial charge in [0.25, 0.3) is 5.91 Å². The second-order valence-corrected chi connectivity index (χ2v) is 7.81. The number of ether oxygens (including phenoxy) is 1. The summed E-state index contributed by atoms with van der Waals surface area (Å²) in [6, 6.07) is 3.48. The van der Waals surface area contributed by atoms with Gasteiger partial charge >= 0.3 is 6.18 Å². The summed E-state index contributed by atoms with van der Waals surface area (Å²) < 4.78 is 43.3. The Morgan fingerprint density at radius 3 is 2.13 bits per heavy atom. The lowest BCUT2D eigenvalue weighted by molar-refractivity contribution is -0.140. The van der Waals surface area contributed by atoms with E-state index in [2.05, 4.69) is 5.32 Å². The minimum Gasteiger partial charge on any atom is -0.378 e. The Balaban J connectivity index is 1.48. The molecule has 2 aliphatic heterocycles. The number of halogens is 3. The van der Waals surface area contributed by atoms with Gasteiger partial charge in [-0.2, -0.15) is 13.2 Å². The number of amides is 3. The fraction of sp³-hybridized carbons (Fsp3) is 0.571. The van der Waals surface area contributed by atoms with Crippen molar-refractivity contribution in [1.82, 2.24) is 15.1 Å². The average molecular weight is 441 g/mol. The Labute approximate surface area is 178 Å². The third kappa shape index (κ3) is 5.75. The van der Waals surface area contributed by atoms with Crippen LogP contribution in [0.5, 0.6) is 0 Å². The molecule has 0 aromatic heterocycles. The molecule has 10 heteroatoms. The molecule has 170 valence electrons. The van der Waals surface area contributed by atoms with Crippen LogP contribution < -0.4 is 5.32 Å². The van der Waals surface area contributed by atoms with Crippen molar-refractivity contribution < 1.29 is 32.3 Å². The number of carbonyl (C=O) groups is 3. The van der Waals surface area contributed by atoms with Gasteiger partial charge in [-0.1, -0.05) is 0 Å². The molecule has 1 aromatic rings. The lowest BCUT2D eigenvalue weighted by Gasteiger charge is -2.33. The van der Waals surface area contributed by atoms with Gasteiger partial charge in [0.2, 0.25) is 11.8 Å². The highest BCUT2D eigenvalue weighted by atomic mass is 19.4. The second kappa shape index (κ2) is 9.67. The van der Waals surface area contributed by atoms with Crippen molar-refractivity contribution in [2.45, 2.75) is 32.0 Å². The number of likely N-dealkylation sites (tertiary alicyclic amines) is 1. The number of nitrogens with zero attached hydrogens (tertiary/aromatic N) is 2. The number of piperidine rings is 1. The van der Waals surface area contributed by atoms with Crippen LogP contribution in [-0.2, 0) is 20.5 Å². The summed E-state index contributed by atoms with van der Waals surface area (Å²) in [6.07, 6.45) is -3.60. The highest BCUT2D eigenvalue weighted by Crippen LogP contribution is 2.29. The van der Waals surface area contributed by atoms with E-state index in [-0.39, 0.29) is 29.2 Å². The van der Waals surface area contributed by atoms with Crippen molar-refractivity contribution in [1.29, 1.82) is 0 Å². The molecule has 2 heterocycles. The van der Waals surface area contributed by atoms with Gasteiger partial charge in [-0.05, 0) is 44.0 Å². The molecule has 2 saturated heterocycles. The van der Waals surface area contributed by atoms with Crippen molar-refractivity contribution in [3.8, 4) is 0 Å². The molecule has 1 aromatic carbocycles. The van der Waals surface area contributed by atoms with Gasteiger partial charge < -0.3 is 19.9 Å². The topological polar surface area (TPSA) is 79.0 Å². The SMILES string of the molecule is CC(NC(=O)C1CCN(C(=O)c2ccc(C(F)(F)F)cc2)CC1)C(=O)N1CCOCC1. The van der Waals surface area contributed by atoms with E-state index in [1.54, 1.807) is 11.8 Å². The highest BCUT2D eigenvalue weighted by Gasteiger charge is 2.32. The first-order chi connectivity index (χ1) is 14.7. The zero-order valence-corrected chi connectivity index (χ0v) is 17.3. The number of hydrogen-bond donors (Lipinski definition) is 1. The number of benzene rings is 1. The minimum absolute atomic E-state index is 0.147. The van der Waals surface area contributed by atoms with Gasteiger partial charge in [0.15, 0.2) is 0 Å². The summed E-state index contributed by atoms with van der Waals surface area (Å²) in [5.74, 6) is -1.05. The van der Waals surface area contributed by atoms with E-state index in [0.717, 1.165) is 12.1 Å². The smallest absolute Gasteiger partial charge is 0.378 e. The molecule has 2 aliphatic rings. The van der Waals surface area contributed by atoms with Crippen LogP contribution in [0.3, 0.4) is 0 Å². The molecule has 3 rings (SSSR count). The molecule has 0 spiro atoms. The monoisotopic (exact) mass is 441 g/mol. The van der Waals surface area contributed by atoms with Crippen LogP contribution in [0.25, 0.3) is 0 Å². The first-order valence-electron chi connectivity index (χ1n) is 10.3. The van der Waals surface area contributed by atoms with Gasteiger partial charge in [-0.15, -0.1) is 0 Å². The molecular formula is C21H26F3N3O4. The molecule has 3 amide bonds. The van der Waals surface area contributed by atoms with Crippen molar-refractivity contribution in [2.75, 3.05) is 39.4 Å². The van der Waals surface area contributed by atoms with Crippen molar-refractivity contribution in [3.05, 3.63) is 35.4 Å². The fourth-order valence-corrected chi connectivity index (χ4v) is 3.78. The van der Waals surface area contributed by atoms with E-state index in [1.807, 2.05) is 0 Å². The number of alkyl halides is 3. The summed E-state index contributed by atoms with van der Waals surface area (Å²) in [6.45, 7) is 4.27. The average Bonchev–Trinajstić information content (AvgIpc) is 2.78. The first-order valence-corrected chi connectivity index (χ1v) is 10.3. The zero-order valence-electron chi connectivity index (χ0n) is 17.3. The Bertz CT molecular complexity index is 799. The van der Waals surface area contributed by atoms with E-state index in [0.29, 0.717) is 52.2 Å². The number of rotatable bonds is 4. The first kappa shape index (κ1) is 23.1. The fourth-order valence-electron chi connectivity index (χ4n) is 3.78. The predicted molar refractivity (Wildman–Crippen MR) is 105 cm³/mol. The quantitative estimate of drug-likeness (QED) is 0.775. The molecule has 7 nitrogen and oxygen atoms in total. The number of carbonyl (C=O) groups excluding carboxylic acids is 3. The molecule has 1 unspecified atom stereocenters. The summed E-state index contributed by atoms with van der Waals surface area (Å²) in [5.41, 5.74) is -0.624. The number of nitrogens with one attached hydrogen (secondary N) is 1. The van der Waals surface area contributed by atoms with Crippen LogP contribution >= 0.6 is 0 Å². The Kier molecular flexibility index (Phi) is 7.19. The second-order valence-electron chi connectivity index (χ2n) is 7.81. The van der Waals surface area contributed by atoms with Crippen molar-refractivity contribution >= 4 is 17.7 Å². The van der Waals surface area contributed by atoms with E-state index in [1.165, 1.54) is 17.0 Å². The van der Waals surface area contributed by atoms with Gasteiger partial charge in [-0.3, -0.25) is 14.4 Å². The molecule has 1 atom stereocenters. The van der Waals surface area contributed by atoms with Crippen LogP contribution in [0.1, 0.15) is 35.7 Å². The predicted octanol–water partition coefficient (Wildman–Crippen LogP) is 1.92. The maximum atomic E-state index is 12.7. The molecule has 2 fully saturated rings. The van der Waals surface area contributed by atoms with Crippen LogP contribution in [0, 0.1) is 5.92 Å². The van der Waals surface area contributed by atoms with E-state index < -0.39 is 17.8 Å². The molecule has 31 heavy (non-hydrogen) atoms. The van der Waals surface area contributed by atoms with Crippen LogP contribution in [0.15, 0.2) is 24.3 Å². The Morgan fingerprint density at radius 1 is 1.00 bits per heavy atom. The highest BCUT2D eigenvalue weighted by molar-refractivity contribution is 5.94. The van der Waals surface area contributed by atoms with Gasteiger partial charge in [-0.25, -0.2) is 0 Å². The molecule has 0 bridgehead atoms. The minimum atomic E-state index is -4.45. The van der Waals surface area contributed by atoms with Crippen molar-refractivity contribution in [2.24, 2.45) is 5.92 Å². The molecular weight excluding hydrogens is 415 g/mol. The van der Waals surface area contributed by atoms with E-state index >= 15 is 0 Å². The lowest BCUT2D eigenvalue weighted by atomic mass is 9.95. The summed E-state index contributed by atoms with van der Waals surface area (Å²) in [4.78, 5) is 40.8. The molecule has 0 saturated carbocycles. The van der Waals surface area contributed by atoms with Crippen LogP contribution in [-0.4, -0.2) is 73.0 Å². The lowest BCUT2D eigenvalue weighted by Crippen LogP contribution is -2.52. The Morgan fingerprint density at radius 2 is 1.58 bits per heavy atom. The Hall–Kier alpha value is -2.62. The van der Waals surface area contributed by atoms with Gasteiger partial charge in [0, 0.05) is 37.7 Å². The maximum Gasteiger partial charge on any atom is 0.416 e. The summed E-state index contributed by atoms with van der Waals surface area (Å²) >= 11 is 0. The van der Waals surface area contributed by atoms with Gasteiger partial charge in [0.05, 0.1) is 18.8 Å². The summed E-state index contributed by atoms with van der Waals surface area (Å²) in [7, 11) is 0. The van der Waals surface area contributed by atoms with Crippen LogP contribution in [0.2, 0.25) is 0 Å². The number of hydrogen-bond acceptors (Lipinski definition) is 4. The van der Waals surface area contributed by atoms with E-state index in [4.69, 9.17) is 4.74 Å². The molecule has 0 radical (unpaired) electrons. The third-order valence-electron chi connectivity index (χ3n) is 5.66.